The Morgan fingerprint density at radius 3 is 2.75 bits per heavy atom. The van der Waals surface area contributed by atoms with Crippen LogP contribution in [0.2, 0.25) is 0 Å². The number of thiocarbonyl (C=S) groups is 1. The number of carbonyl (C=O) groups is 1. The predicted octanol–water partition coefficient (Wildman–Crippen LogP) is 3.03. The van der Waals surface area contributed by atoms with Crippen LogP contribution >= 0.6 is 12.2 Å². The van der Waals surface area contributed by atoms with Crippen LogP contribution in [0.25, 0.3) is 21.7 Å². The van der Waals surface area contributed by atoms with E-state index in [1.807, 2.05) is 50.2 Å². The summed E-state index contributed by atoms with van der Waals surface area (Å²) in [6.07, 6.45) is 1.85. The van der Waals surface area contributed by atoms with Crippen molar-refractivity contribution in [2.45, 2.75) is 26.3 Å². The summed E-state index contributed by atoms with van der Waals surface area (Å²) in [6.45, 7) is 3.94. The second kappa shape index (κ2) is 6.88. The Morgan fingerprint density at radius 2 is 1.96 bits per heavy atom. The molecule has 1 amide bonds. The highest BCUT2D eigenvalue weighted by Crippen LogP contribution is 2.29. The zero-order chi connectivity index (χ0) is 17.1. The first kappa shape index (κ1) is 16.3. The first-order valence-electron chi connectivity index (χ1n) is 7.78. The van der Waals surface area contributed by atoms with Gasteiger partial charge in [-0.3, -0.25) is 15.6 Å². The fourth-order valence-electron chi connectivity index (χ4n) is 2.65. The first-order chi connectivity index (χ1) is 11.5. The Morgan fingerprint density at radius 1 is 1.17 bits per heavy atom. The summed E-state index contributed by atoms with van der Waals surface area (Å²) in [4.78, 5) is 12.2. The zero-order valence-corrected chi connectivity index (χ0v) is 14.4. The molecule has 3 aromatic rings. The molecule has 0 saturated carbocycles. The fourth-order valence-corrected chi connectivity index (χ4v) is 2.93. The monoisotopic (exact) mass is 341 g/mol. The normalized spacial score (nSPS) is 11.0. The largest absolute Gasteiger partial charge is 0.464 e. The molecule has 0 radical (unpaired) electrons. The topological polar surface area (TPSA) is 66.3 Å². The van der Waals surface area contributed by atoms with Gasteiger partial charge in [0.15, 0.2) is 5.11 Å². The third-order valence-electron chi connectivity index (χ3n) is 3.63. The highest BCUT2D eigenvalue weighted by atomic mass is 32.1. The van der Waals surface area contributed by atoms with E-state index in [2.05, 4.69) is 16.2 Å². The number of benzene rings is 2. The molecule has 0 atom stereocenters. The number of rotatable bonds is 3. The van der Waals surface area contributed by atoms with Crippen LogP contribution in [0.3, 0.4) is 0 Å². The lowest BCUT2D eigenvalue weighted by molar-refractivity contribution is -0.121. The minimum Gasteiger partial charge on any atom is -0.464 e. The van der Waals surface area contributed by atoms with Crippen molar-refractivity contribution in [3.05, 3.63) is 48.2 Å². The lowest BCUT2D eigenvalue weighted by atomic mass is 10.0. The Hall–Kier alpha value is -2.60. The van der Waals surface area contributed by atoms with Gasteiger partial charge in [-0.2, -0.15) is 0 Å². The number of fused-ring (bicyclic) bond motifs is 3. The number of hydrogen-bond acceptors (Lipinski definition) is 3. The molecule has 6 heteroatoms. The minimum atomic E-state index is -0.182. The van der Waals surface area contributed by atoms with Gasteiger partial charge in [-0.15, -0.1) is 0 Å². The van der Waals surface area contributed by atoms with E-state index < -0.39 is 0 Å². The van der Waals surface area contributed by atoms with E-state index in [0.717, 1.165) is 27.3 Å². The van der Waals surface area contributed by atoms with Gasteiger partial charge in [0, 0.05) is 17.0 Å². The number of hydrogen-bond donors (Lipinski definition) is 3. The summed E-state index contributed by atoms with van der Waals surface area (Å²) in [5.41, 5.74) is 6.94. The van der Waals surface area contributed by atoms with Crippen LogP contribution in [0.15, 0.2) is 47.1 Å². The molecule has 5 nitrogen and oxygen atoms in total. The van der Waals surface area contributed by atoms with Gasteiger partial charge in [0.25, 0.3) is 0 Å². The molecule has 3 rings (SSSR count). The van der Waals surface area contributed by atoms with E-state index in [1.165, 1.54) is 0 Å². The Bertz CT molecular complexity index is 902. The zero-order valence-electron chi connectivity index (χ0n) is 13.6. The fraction of sp³-hybridized carbons (Fsp3) is 0.222. The van der Waals surface area contributed by atoms with Crippen molar-refractivity contribution in [2.75, 3.05) is 0 Å². The molecule has 0 saturated heterocycles. The van der Waals surface area contributed by atoms with Crippen molar-refractivity contribution in [1.29, 1.82) is 0 Å². The molecule has 0 fully saturated rings. The summed E-state index contributed by atoms with van der Waals surface area (Å²) in [6, 6.07) is 12.2. The van der Waals surface area contributed by atoms with Crippen LogP contribution in [0, 0.1) is 0 Å². The van der Waals surface area contributed by atoms with E-state index in [9.17, 15) is 4.79 Å². The molecule has 2 aromatic carbocycles. The predicted molar refractivity (Wildman–Crippen MR) is 99.6 cm³/mol. The number of furan rings is 1. The summed E-state index contributed by atoms with van der Waals surface area (Å²) < 4.78 is 5.60. The molecule has 1 heterocycles. The molecule has 0 unspecified atom stereocenters. The lowest BCUT2D eigenvalue weighted by Crippen LogP contribution is -2.48. The van der Waals surface area contributed by atoms with E-state index in [0.29, 0.717) is 5.11 Å². The molecular formula is C18H19N3O2S. The summed E-state index contributed by atoms with van der Waals surface area (Å²) in [5, 5.41) is 6.56. The van der Waals surface area contributed by atoms with Crippen LogP contribution in [0.1, 0.15) is 19.4 Å². The molecular weight excluding hydrogens is 322 g/mol. The van der Waals surface area contributed by atoms with Crippen molar-refractivity contribution >= 4 is 45.0 Å². The van der Waals surface area contributed by atoms with Gasteiger partial charge >= 0.3 is 0 Å². The van der Waals surface area contributed by atoms with Crippen LogP contribution in [0.5, 0.6) is 0 Å². The Kier molecular flexibility index (Phi) is 4.66. The van der Waals surface area contributed by atoms with E-state index >= 15 is 0 Å². The SMILES string of the molecule is CC(C)NC(=S)NNC(=O)Cc1coc2ccc3ccccc3c12. The lowest BCUT2D eigenvalue weighted by Gasteiger charge is -2.13. The highest BCUT2D eigenvalue weighted by molar-refractivity contribution is 7.80. The van der Waals surface area contributed by atoms with E-state index in [4.69, 9.17) is 16.6 Å². The molecule has 124 valence electrons. The van der Waals surface area contributed by atoms with Crippen LogP contribution in [-0.4, -0.2) is 17.1 Å². The van der Waals surface area contributed by atoms with E-state index in [1.54, 1.807) is 6.26 Å². The number of nitrogens with one attached hydrogen (secondary N) is 3. The van der Waals surface area contributed by atoms with Gasteiger partial charge in [0.1, 0.15) is 5.58 Å². The number of hydrazine groups is 1. The van der Waals surface area contributed by atoms with Crippen LogP contribution in [0.4, 0.5) is 0 Å². The molecule has 24 heavy (non-hydrogen) atoms. The van der Waals surface area contributed by atoms with Crippen molar-refractivity contribution < 1.29 is 9.21 Å². The maximum atomic E-state index is 12.2. The van der Waals surface area contributed by atoms with Gasteiger partial charge in [-0.1, -0.05) is 30.3 Å². The summed E-state index contributed by atoms with van der Waals surface area (Å²) in [5.74, 6) is -0.182. The van der Waals surface area contributed by atoms with Crippen LogP contribution < -0.4 is 16.2 Å². The summed E-state index contributed by atoms with van der Waals surface area (Å²) in [7, 11) is 0. The molecule has 0 bridgehead atoms. The highest BCUT2D eigenvalue weighted by Gasteiger charge is 2.13. The van der Waals surface area contributed by atoms with Crippen molar-refractivity contribution in [3.8, 4) is 0 Å². The second-order valence-electron chi connectivity index (χ2n) is 5.90. The van der Waals surface area contributed by atoms with E-state index in [-0.39, 0.29) is 18.4 Å². The number of amides is 1. The maximum absolute atomic E-state index is 12.2. The average Bonchev–Trinajstić information content (AvgIpc) is 2.96. The molecule has 0 spiro atoms. The standard InChI is InChI=1S/C18H19N3O2S/c1-11(2)19-18(24)21-20-16(22)9-13-10-23-15-8-7-12-5-3-4-6-14(12)17(13)15/h3-8,10-11H,9H2,1-2H3,(H,20,22)(H2,19,21,24). The Labute approximate surface area is 145 Å². The maximum Gasteiger partial charge on any atom is 0.242 e. The third-order valence-corrected chi connectivity index (χ3v) is 3.85. The first-order valence-corrected chi connectivity index (χ1v) is 8.18. The van der Waals surface area contributed by atoms with Crippen LogP contribution in [-0.2, 0) is 11.2 Å². The minimum absolute atomic E-state index is 0.182. The third kappa shape index (κ3) is 3.49. The second-order valence-corrected chi connectivity index (χ2v) is 6.31. The van der Waals surface area contributed by atoms with Crippen molar-refractivity contribution in [3.63, 3.8) is 0 Å². The molecule has 1 aromatic heterocycles. The van der Waals surface area contributed by atoms with Crippen molar-refractivity contribution in [2.24, 2.45) is 0 Å². The smallest absolute Gasteiger partial charge is 0.242 e. The molecule has 0 aliphatic carbocycles. The molecule has 3 N–H and O–H groups in total. The molecule has 0 aliphatic rings. The quantitative estimate of drug-likeness (QED) is 0.505. The van der Waals surface area contributed by atoms with Gasteiger partial charge in [0.05, 0.1) is 12.7 Å². The van der Waals surface area contributed by atoms with Crippen molar-refractivity contribution in [1.82, 2.24) is 16.2 Å². The summed E-state index contributed by atoms with van der Waals surface area (Å²) >= 11 is 5.08. The Balaban J connectivity index is 1.77. The van der Waals surface area contributed by atoms with Gasteiger partial charge in [0.2, 0.25) is 5.91 Å². The average molecular weight is 341 g/mol. The van der Waals surface area contributed by atoms with Gasteiger partial charge < -0.3 is 9.73 Å². The molecule has 0 aliphatic heterocycles. The van der Waals surface area contributed by atoms with Gasteiger partial charge in [-0.05, 0) is 42.9 Å². The number of carbonyl (C=O) groups excluding carboxylic acids is 1. The van der Waals surface area contributed by atoms with Gasteiger partial charge in [-0.25, -0.2) is 0 Å².